The molecule has 1 heterocycles. The number of ketones is 1. The van der Waals surface area contributed by atoms with Gasteiger partial charge in [-0.15, -0.1) is 0 Å². The summed E-state index contributed by atoms with van der Waals surface area (Å²) in [6.45, 7) is 3.53. The second-order valence-corrected chi connectivity index (χ2v) is 6.82. The van der Waals surface area contributed by atoms with Crippen LogP contribution in [0.3, 0.4) is 0 Å². The minimum atomic E-state index is -0.0165. The predicted octanol–water partition coefficient (Wildman–Crippen LogP) is 6.02. The van der Waals surface area contributed by atoms with Crippen LogP contribution in [0.4, 0.5) is 0 Å². The van der Waals surface area contributed by atoms with Crippen molar-refractivity contribution >= 4 is 28.8 Å². The molecule has 0 saturated heterocycles. The quantitative estimate of drug-likeness (QED) is 0.354. The van der Waals surface area contributed by atoms with Crippen LogP contribution in [0.25, 0.3) is 28.7 Å². The van der Waals surface area contributed by atoms with Crippen molar-refractivity contribution in [3.63, 3.8) is 0 Å². The van der Waals surface area contributed by atoms with Crippen molar-refractivity contribution in [2.75, 3.05) is 0 Å². The number of carbonyl (C=O) groups excluding carboxylic acids is 1. The van der Waals surface area contributed by atoms with Crippen LogP contribution in [0, 0.1) is 6.92 Å². The van der Waals surface area contributed by atoms with Crippen molar-refractivity contribution in [1.29, 1.82) is 0 Å². The number of carbonyl (C=O) groups is 1. The summed E-state index contributed by atoms with van der Waals surface area (Å²) in [4.78, 5) is 12.5. The molecule has 0 radical (unpaired) electrons. The van der Waals surface area contributed by atoms with Crippen LogP contribution >= 0.6 is 0 Å². The largest absolute Gasteiger partial charge is 0.507 e. The van der Waals surface area contributed by atoms with E-state index in [1.165, 1.54) is 0 Å². The Kier molecular flexibility index (Phi) is 4.58. The van der Waals surface area contributed by atoms with E-state index in [1.54, 1.807) is 13.0 Å². The van der Waals surface area contributed by atoms with Gasteiger partial charge in [0, 0.05) is 27.9 Å². The molecule has 3 heteroatoms. The van der Waals surface area contributed by atoms with Gasteiger partial charge in [-0.3, -0.25) is 4.79 Å². The fourth-order valence-corrected chi connectivity index (χ4v) is 3.77. The van der Waals surface area contributed by atoms with Crippen molar-refractivity contribution in [2.45, 2.75) is 13.8 Å². The number of benzene rings is 3. The Bertz CT molecular complexity index is 1190. The molecule has 1 N–H and O–H groups in total. The number of hydrogen-bond donors (Lipinski definition) is 1. The Labute approximate surface area is 164 Å². The first-order valence-corrected chi connectivity index (χ1v) is 9.24. The molecule has 3 nitrogen and oxygen atoms in total. The van der Waals surface area contributed by atoms with Gasteiger partial charge in [0.2, 0.25) is 0 Å². The van der Waals surface area contributed by atoms with Crippen molar-refractivity contribution in [3.05, 3.63) is 95.2 Å². The zero-order valence-corrected chi connectivity index (χ0v) is 15.9. The first-order chi connectivity index (χ1) is 13.6. The number of phenolic OH excluding ortho intramolecular Hbond substituents is 1. The lowest BCUT2D eigenvalue weighted by Crippen LogP contribution is -1.99. The van der Waals surface area contributed by atoms with Crippen LogP contribution in [0.1, 0.15) is 34.1 Å². The minimum Gasteiger partial charge on any atom is -0.507 e. The van der Waals surface area contributed by atoms with Crippen LogP contribution in [0.15, 0.2) is 72.8 Å². The molecule has 0 aliphatic heterocycles. The van der Waals surface area contributed by atoms with E-state index >= 15 is 0 Å². The van der Waals surface area contributed by atoms with Crippen molar-refractivity contribution in [1.82, 2.24) is 4.57 Å². The fourth-order valence-electron chi connectivity index (χ4n) is 3.77. The summed E-state index contributed by atoms with van der Waals surface area (Å²) in [7, 11) is 0. The number of hydrogen-bond acceptors (Lipinski definition) is 2. The Morgan fingerprint density at radius 1 is 0.893 bits per heavy atom. The molecule has 28 heavy (non-hydrogen) atoms. The molecule has 4 aromatic rings. The Morgan fingerprint density at radius 2 is 1.54 bits per heavy atom. The van der Waals surface area contributed by atoms with Gasteiger partial charge in [0.1, 0.15) is 5.75 Å². The van der Waals surface area contributed by atoms with E-state index in [9.17, 15) is 9.90 Å². The van der Waals surface area contributed by atoms with E-state index in [4.69, 9.17) is 0 Å². The highest BCUT2D eigenvalue weighted by Crippen LogP contribution is 2.37. The molecule has 0 fully saturated rings. The third-order valence-electron chi connectivity index (χ3n) is 5.00. The number of aromatic hydroxyl groups is 1. The van der Waals surface area contributed by atoms with Gasteiger partial charge in [0.15, 0.2) is 5.78 Å². The Balaban J connectivity index is 2.02. The van der Waals surface area contributed by atoms with Crippen LogP contribution in [0.2, 0.25) is 0 Å². The number of fused-ring (bicyclic) bond motifs is 1. The molecule has 0 spiro atoms. The maximum atomic E-state index is 12.5. The molecule has 138 valence electrons. The van der Waals surface area contributed by atoms with Crippen molar-refractivity contribution in [2.24, 2.45) is 0 Å². The summed E-state index contributed by atoms with van der Waals surface area (Å²) in [5.41, 5.74) is 5.09. The van der Waals surface area contributed by atoms with Crippen LogP contribution < -0.4 is 0 Å². The van der Waals surface area contributed by atoms with E-state index in [0.29, 0.717) is 11.1 Å². The first-order valence-electron chi connectivity index (χ1n) is 9.24. The van der Waals surface area contributed by atoms with Crippen molar-refractivity contribution in [3.8, 4) is 11.4 Å². The minimum absolute atomic E-state index is 0.0165. The summed E-state index contributed by atoms with van der Waals surface area (Å²) < 4.78 is 2.07. The molecule has 0 unspecified atom stereocenters. The van der Waals surface area contributed by atoms with E-state index < -0.39 is 0 Å². The van der Waals surface area contributed by atoms with Gasteiger partial charge in [-0.05, 0) is 49.8 Å². The van der Waals surface area contributed by atoms with Gasteiger partial charge >= 0.3 is 0 Å². The lowest BCUT2D eigenvalue weighted by molar-refractivity contribution is 0.101. The van der Waals surface area contributed by atoms with Gasteiger partial charge in [-0.1, -0.05) is 54.6 Å². The second kappa shape index (κ2) is 7.20. The summed E-state index contributed by atoms with van der Waals surface area (Å²) in [6, 6.07) is 23.4. The van der Waals surface area contributed by atoms with Gasteiger partial charge in [-0.25, -0.2) is 0 Å². The maximum absolute atomic E-state index is 12.5. The predicted molar refractivity (Wildman–Crippen MR) is 115 cm³/mol. The standard InChI is InChI=1S/C25H21NO2/c1-17-24(18(2)27)25-21(14-13-19-9-5-3-6-10-19)23(28)16-15-22(25)26(17)20-11-7-4-8-12-20/h3-16,28H,1-2H3/b14-13+. The average Bonchev–Trinajstić information content (AvgIpc) is 3.01. The Hall–Kier alpha value is -3.59. The first kappa shape index (κ1) is 17.8. The maximum Gasteiger partial charge on any atom is 0.162 e. The number of nitrogens with zero attached hydrogens (tertiary/aromatic N) is 1. The van der Waals surface area contributed by atoms with Gasteiger partial charge < -0.3 is 9.67 Å². The van der Waals surface area contributed by atoms with Gasteiger partial charge in [0.05, 0.1) is 5.52 Å². The topological polar surface area (TPSA) is 42.2 Å². The SMILES string of the molecule is CC(=O)c1c(C)n(-c2ccccc2)c2ccc(O)c(/C=C/c3ccccc3)c12. The molecule has 0 atom stereocenters. The number of rotatable bonds is 4. The zero-order chi connectivity index (χ0) is 19.7. The normalized spacial score (nSPS) is 11.4. The molecule has 4 rings (SSSR count). The molecular formula is C25H21NO2. The highest BCUT2D eigenvalue weighted by molar-refractivity contribution is 6.12. The monoisotopic (exact) mass is 367 g/mol. The molecule has 0 bridgehead atoms. The highest BCUT2D eigenvalue weighted by Gasteiger charge is 2.21. The zero-order valence-electron chi connectivity index (χ0n) is 15.9. The number of Topliss-reactive ketones (excluding diaryl/α,β-unsaturated/α-hetero) is 1. The van der Waals surface area contributed by atoms with Crippen LogP contribution in [0.5, 0.6) is 5.75 Å². The number of phenols is 1. The smallest absolute Gasteiger partial charge is 0.162 e. The average molecular weight is 367 g/mol. The van der Waals surface area contributed by atoms with E-state index in [2.05, 4.69) is 4.57 Å². The van der Waals surface area contributed by atoms with Crippen molar-refractivity contribution < 1.29 is 9.90 Å². The molecule has 0 amide bonds. The fraction of sp³-hybridized carbons (Fsp3) is 0.0800. The molecule has 0 aliphatic rings. The van der Waals surface area contributed by atoms with E-state index in [0.717, 1.165) is 27.8 Å². The lowest BCUT2D eigenvalue weighted by Gasteiger charge is -2.09. The van der Waals surface area contributed by atoms with Gasteiger partial charge in [0.25, 0.3) is 0 Å². The Morgan fingerprint density at radius 3 is 2.18 bits per heavy atom. The summed E-state index contributed by atoms with van der Waals surface area (Å²) >= 11 is 0. The number of para-hydroxylation sites is 1. The molecule has 1 aromatic heterocycles. The summed E-state index contributed by atoms with van der Waals surface area (Å²) in [5.74, 6) is 0.143. The van der Waals surface area contributed by atoms with Gasteiger partial charge in [-0.2, -0.15) is 0 Å². The molecule has 0 saturated carbocycles. The summed E-state index contributed by atoms with van der Waals surface area (Å²) in [5, 5.41) is 11.4. The number of aromatic nitrogens is 1. The summed E-state index contributed by atoms with van der Waals surface area (Å²) in [6.07, 6.45) is 3.84. The third kappa shape index (κ3) is 3.01. The molecule has 0 aliphatic carbocycles. The highest BCUT2D eigenvalue weighted by atomic mass is 16.3. The van der Waals surface area contributed by atoms with Crippen LogP contribution in [-0.4, -0.2) is 15.5 Å². The second-order valence-electron chi connectivity index (χ2n) is 6.82. The third-order valence-corrected chi connectivity index (χ3v) is 5.00. The lowest BCUT2D eigenvalue weighted by atomic mass is 10.0. The van der Waals surface area contributed by atoms with Crippen LogP contribution in [-0.2, 0) is 0 Å². The van der Waals surface area contributed by atoms with E-state index in [1.807, 2.05) is 85.8 Å². The van der Waals surface area contributed by atoms with E-state index in [-0.39, 0.29) is 11.5 Å². The molecular weight excluding hydrogens is 346 g/mol. The molecule has 3 aromatic carbocycles.